The van der Waals surface area contributed by atoms with E-state index in [2.05, 4.69) is 0 Å². The first kappa shape index (κ1) is 13.3. The van der Waals surface area contributed by atoms with Gasteiger partial charge in [-0.3, -0.25) is 4.79 Å². The van der Waals surface area contributed by atoms with Crippen LogP contribution in [0.3, 0.4) is 0 Å². The van der Waals surface area contributed by atoms with Crippen LogP contribution in [0.4, 0.5) is 0 Å². The van der Waals surface area contributed by atoms with E-state index in [4.69, 9.17) is 23.2 Å². The minimum atomic E-state index is -0.648. The normalized spacial score (nSPS) is 11.4. The highest BCUT2D eigenvalue weighted by atomic mass is 35.5. The van der Waals surface area contributed by atoms with E-state index >= 15 is 0 Å². The molecule has 1 amide bonds. The molecular formula is C12H15Cl2NO. The number of benzene rings is 1. The number of halogens is 2. The van der Waals surface area contributed by atoms with E-state index in [1.54, 1.807) is 37.2 Å². The van der Waals surface area contributed by atoms with Gasteiger partial charge in [0.25, 0.3) is 0 Å². The van der Waals surface area contributed by atoms with Gasteiger partial charge in [-0.1, -0.05) is 29.3 Å². The molecule has 0 aromatic heterocycles. The largest absolute Gasteiger partial charge is 0.348 e. The number of rotatable bonds is 2. The number of nitrogens with zero attached hydrogens (tertiary/aromatic N) is 1. The van der Waals surface area contributed by atoms with Crippen LogP contribution in [-0.4, -0.2) is 24.9 Å². The van der Waals surface area contributed by atoms with Crippen LogP contribution in [0.2, 0.25) is 10.0 Å². The van der Waals surface area contributed by atoms with Gasteiger partial charge in [0.1, 0.15) is 0 Å². The zero-order valence-corrected chi connectivity index (χ0v) is 11.4. The quantitative estimate of drug-likeness (QED) is 0.798. The molecule has 0 radical (unpaired) electrons. The fourth-order valence-corrected chi connectivity index (χ4v) is 2.32. The van der Waals surface area contributed by atoms with Crippen LogP contribution in [-0.2, 0) is 10.2 Å². The summed E-state index contributed by atoms with van der Waals surface area (Å²) in [5.74, 6) is 0.0109. The third kappa shape index (κ3) is 2.50. The lowest BCUT2D eigenvalue weighted by molar-refractivity contribution is -0.133. The first-order valence-electron chi connectivity index (χ1n) is 4.94. The molecule has 0 heterocycles. The summed E-state index contributed by atoms with van der Waals surface area (Å²) in [5, 5.41) is 1.09. The minimum absolute atomic E-state index is 0.0109. The van der Waals surface area contributed by atoms with Gasteiger partial charge in [0.15, 0.2) is 0 Å². The van der Waals surface area contributed by atoms with Gasteiger partial charge in [-0.2, -0.15) is 0 Å². The molecule has 88 valence electrons. The maximum Gasteiger partial charge on any atom is 0.232 e. The average Bonchev–Trinajstić information content (AvgIpc) is 2.15. The Morgan fingerprint density at radius 3 is 2.25 bits per heavy atom. The summed E-state index contributed by atoms with van der Waals surface area (Å²) in [6, 6.07) is 5.20. The number of likely N-dealkylation sites (N-methyl/N-ethyl adjacent to an activating group) is 1. The fraction of sp³-hybridized carbons (Fsp3) is 0.417. The van der Waals surface area contributed by atoms with E-state index in [1.165, 1.54) is 0 Å². The molecule has 0 fully saturated rings. The second kappa shape index (κ2) is 4.64. The van der Waals surface area contributed by atoms with E-state index in [0.29, 0.717) is 10.0 Å². The monoisotopic (exact) mass is 259 g/mol. The molecule has 0 saturated carbocycles. The summed E-state index contributed by atoms with van der Waals surface area (Å²) < 4.78 is 0. The zero-order chi connectivity index (χ0) is 12.5. The van der Waals surface area contributed by atoms with Crippen molar-refractivity contribution in [3.8, 4) is 0 Å². The topological polar surface area (TPSA) is 20.3 Å². The Bertz CT molecular complexity index is 413. The predicted molar refractivity (Wildman–Crippen MR) is 68.2 cm³/mol. The lowest BCUT2D eigenvalue weighted by Crippen LogP contribution is -2.39. The van der Waals surface area contributed by atoms with E-state index in [0.717, 1.165) is 5.56 Å². The third-order valence-corrected chi connectivity index (χ3v) is 3.09. The van der Waals surface area contributed by atoms with E-state index in [9.17, 15) is 4.79 Å². The Morgan fingerprint density at radius 2 is 1.81 bits per heavy atom. The molecule has 2 nitrogen and oxygen atoms in total. The zero-order valence-electron chi connectivity index (χ0n) is 9.84. The van der Waals surface area contributed by atoms with Crippen molar-refractivity contribution in [3.63, 3.8) is 0 Å². The summed E-state index contributed by atoms with van der Waals surface area (Å²) in [5.41, 5.74) is 0.141. The highest BCUT2D eigenvalue weighted by Crippen LogP contribution is 2.32. The number of amides is 1. The molecule has 1 aromatic rings. The molecule has 0 atom stereocenters. The van der Waals surface area contributed by atoms with Crippen molar-refractivity contribution in [2.75, 3.05) is 14.1 Å². The molecular weight excluding hydrogens is 245 g/mol. The molecule has 0 aliphatic carbocycles. The van der Waals surface area contributed by atoms with Crippen molar-refractivity contribution in [2.45, 2.75) is 19.3 Å². The number of hydrogen-bond donors (Lipinski definition) is 0. The fourth-order valence-electron chi connectivity index (χ4n) is 1.67. The smallest absolute Gasteiger partial charge is 0.232 e. The van der Waals surface area contributed by atoms with Crippen LogP contribution < -0.4 is 0 Å². The second-order valence-electron chi connectivity index (χ2n) is 4.45. The van der Waals surface area contributed by atoms with Gasteiger partial charge in [0.05, 0.1) is 5.41 Å². The van der Waals surface area contributed by atoms with E-state index in [-0.39, 0.29) is 5.91 Å². The summed E-state index contributed by atoms with van der Waals surface area (Å²) in [6.07, 6.45) is 0. The Hall–Kier alpha value is -0.730. The van der Waals surface area contributed by atoms with Crippen LogP contribution >= 0.6 is 23.2 Å². The van der Waals surface area contributed by atoms with E-state index < -0.39 is 5.41 Å². The maximum atomic E-state index is 12.0. The molecule has 0 spiro atoms. The molecule has 4 heteroatoms. The molecule has 1 rings (SSSR count). The Balaban J connectivity index is 3.21. The third-order valence-electron chi connectivity index (χ3n) is 2.55. The van der Waals surface area contributed by atoms with Crippen molar-refractivity contribution >= 4 is 29.1 Å². The lowest BCUT2D eigenvalue weighted by atomic mass is 9.83. The van der Waals surface area contributed by atoms with Gasteiger partial charge in [-0.25, -0.2) is 0 Å². The molecule has 0 unspecified atom stereocenters. The number of hydrogen-bond acceptors (Lipinski definition) is 1. The molecule has 0 saturated heterocycles. The molecule has 0 aliphatic heterocycles. The first-order valence-corrected chi connectivity index (χ1v) is 5.69. The van der Waals surface area contributed by atoms with Crippen LogP contribution in [0.25, 0.3) is 0 Å². The van der Waals surface area contributed by atoms with Gasteiger partial charge >= 0.3 is 0 Å². The lowest BCUT2D eigenvalue weighted by Gasteiger charge is -2.28. The van der Waals surface area contributed by atoms with Crippen molar-refractivity contribution in [1.82, 2.24) is 4.90 Å². The molecule has 0 N–H and O–H groups in total. The molecule has 0 bridgehead atoms. The second-order valence-corrected chi connectivity index (χ2v) is 5.29. The van der Waals surface area contributed by atoms with Crippen LogP contribution in [0, 0.1) is 0 Å². The molecule has 16 heavy (non-hydrogen) atoms. The SMILES string of the molecule is CN(C)C(=O)C(C)(C)c1ccc(Cl)cc1Cl. The standard InChI is InChI=1S/C12H15Cl2NO/c1-12(2,11(16)15(3)4)9-6-5-8(13)7-10(9)14/h5-7H,1-4H3. The number of carbonyl (C=O) groups excluding carboxylic acids is 1. The van der Waals surface area contributed by atoms with Gasteiger partial charge in [-0.05, 0) is 31.5 Å². The maximum absolute atomic E-state index is 12.0. The van der Waals surface area contributed by atoms with Crippen LogP contribution in [0.1, 0.15) is 19.4 Å². The molecule has 1 aromatic carbocycles. The van der Waals surface area contributed by atoms with Gasteiger partial charge in [0.2, 0.25) is 5.91 Å². The van der Waals surface area contributed by atoms with Gasteiger partial charge < -0.3 is 4.90 Å². The van der Waals surface area contributed by atoms with Crippen LogP contribution in [0.5, 0.6) is 0 Å². The Kier molecular flexibility index (Phi) is 3.87. The minimum Gasteiger partial charge on any atom is -0.348 e. The van der Waals surface area contributed by atoms with Crippen molar-refractivity contribution in [2.24, 2.45) is 0 Å². The van der Waals surface area contributed by atoms with Gasteiger partial charge in [-0.15, -0.1) is 0 Å². The van der Waals surface area contributed by atoms with Crippen molar-refractivity contribution in [3.05, 3.63) is 33.8 Å². The Morgan fingerprint density at radius 1 is 1.25 bits per heavy atom. The number of carbonyl (C=O) groups is 1. The summed E-state index contributed by atoms with van der Waals surface area (Å²) in [4.78, 5) is 13.6. The Labute approximate surface area is 106 Å². The summed E-state index contributed by atoms with van der Waals surface area (Å²) in [7, 11) is 3.46. The summed E-state index contributed by atoms with van der Waals surface area (Å²) >= 11 is 11.9. The van der Waals surface area contributed by atoms with Crippen molar-refractivity contribution < 1.29 is 4.79 Å². The van der Waals surface area contributed by atoms with Crippen LogP contribution in [0.15, 0.2) is 18.2 Å². The van der Waals surface area contributed by atoms with E-state index in [1.807, 2.05) is 13.8 Å². The highest BCUT2D eigenvalue weighted by molar-refractivity contribution is 6.35. The predicted octanol–water partition coefficient (Wildman–Crippen LogP) is 3.36. The van der Waals surface area contributed by atoms with Gasteiger partial charge in [0, 0.05) is 24.1 Å². The van der Waals surface area contributed by atoms with Crippen molar-refractivity contribution in [1.29, 1.82) is 0 Å². The average molecular weight is 260 g/mol. The summed E-state index contributed by atoms with van der Waals surface area (Å²) in [6.45, 7) is 3.70. The molecule has 0 aliphatic rings. The highest BCUT2D eigenvalue weighted by Gasteiger charge is 2.32. The first-order chi connectivity index (χ1) is 7.26.